The van der Waals surface area contributed by atoms with Crippen molar-refractivity contribution in [2.45, 2.75) is 26.3 Å². The number of carboxylic acid groups (broad SMARTS) is 1. The van der Waals surface area contributed by atoms with Crippen molar-refractivity contribution in [1.29, 1.82) is 0 Å². The first kappa shape index (κ1) is 11.6. The van der Waals surface area contributed by atoms with Crippen LogP contribution in [-0.2, 0) is 9.59 Å². The number of rotatable bonds is 4. The molecule has 2 N–H and O–H groups in total. The maximum absolute atomic E-state index is 11.7. The van der Waals surface area contributed by atoms with Crippen LogP contribution in [0.5, 0.6) is 0 Å². The first-order chi connectivity index (χ1) is 7.99. The number of carboxylic acids is 1. The summed E-state index contributed by atoms with van der Waals surface area (Å²) in [4.78, 5) is 26.3. The summed E-state index contributed by atoms with van der Waals surface area (Å²) < 4.78 is 5.28. The Labute approximate surface area is 98.0 Å². The third-order valence-corrected chi connectivity index (χ3v) is 2.81. The fraction of sp³-hybridized carbons (Fsp3) is 0.545. The predicted molar refractivity (Wildman–Crippen MR) is 57.0 cm³/mol. The van der Waals surface area contributed by atoms with Crippen molar-refractivity contribution in [2.75, 3.05) is 0 Å². The van der Waals surface area contributed by atoms with Gasteiger partial charge in [0.25, 0.3) is 0 Å². The van der Waals surface area contributed by atoms with Crippen LogP contribution >= 0.6 is 0 Å². The molecule has 1 aliphatic carbocycles. The standard InChI is InChI=1S/C11H14N2O4/c1-5-4-12-10(17-5)6(2)13-9(14)7-3-8(7)11(15)16/h4,6-8H,3H2,1-2H3,(H,13,14)(H,15,16)/t6?,7-,8-/m1/s1. The molecule has 6 nitrogen and oxygen atoms in total. The van der Waals surface area contributed by atoms with E-state index in [1.807, 2.05) is 0 Å². The lowest BCUT2D eigenvalue weighted by Gasteiger charge is -2.09. The highest BCUT2D eigenvalue weighted by Gasteiger charge is 2.48. The Hall–Kier alpha value is -1.85. The van der Waals surface area contributed by atoms with Crippen molar-refractivity contribution in [3.63, 3.8) is 0 Å². The Morgan fingerprint density at radius 2 is 2.29 bits per heavy atom. The lowest BCUT2D eigenvalue weighted by atomic mass is 10.2. The number of nitrogens with zero attached hydrogens (tertiary/aromatic N) is 1. The summed E-state index contributed by atoms with van der Waals surface area (Å²) in [5.74, 6) is -0.996. The summed E-state index contributed by atoms with van der Waals surface area (Å²) in [5.41, 5.74) is 0. The van der Waals surface area contributed by atoms with E-state index in [0.717, 1.165) is 0 Å². The minimum Gasteiger partial charge on any atom is -0.481 e. The second-order valence-corrected chi connectivity index (χ2v) is 4.33. The SMILES string of the molecule is Cc1cnc(C(C)NC(=O)[C@@H]2C[C@H]2C(=O)O)o1. The average molecular weight is 238 g/mol. The van der Waals surface area contributed by atoms with Gasteiger partial charge < -0.3 is 14.8 Å². The number of carbonyl (C=O) groups excluding carboxylic acids is 1. The molecule has 2 rings (SSSR count). The summed E-state index contributed by atoms with van der Waals surface area (Å²) in [6.07, 6.45) is 1.99. The number of aliphatic carboxylic acids is 1. The van der Waals surface area contributed by atoms with Crippen LogP contribution < -0.4 is 5.32 Å². The molecule has 0 saturated heterocycles. The Morgan fingerprint density at radius 1 is 1.59 bits per heavy atom. The highest BCUT2D eigenvalue weighted by Crippen LogP contribution is 2.39. The van der Waals surface area contributed by atoms with E-state index in [4.69, 9.17) is 9.52 Å². The van der Waals surface area contributed by atoms with Crippen molar-refractivity contribution in [3.05, 3.63) is 17.8 Å². The normalized spacial score (nSPS) is 24.1. The van der Waals surface area contributed by atoms with Crippen LogP contribution in [0.4, 0.5) is 0 Å². The summed E-state index contributed by atoms with van der Waals surface area (Å²) in [6.45, 7) is 3.52. The molecule has 1 saturated carbocycles. The molecule has 1 amide bonds. The Kier molecular flexibility index (Phi) is 2.87. The second-order valence-electron chi connectivity index (χ2n) is 4.33. The third kappa shape index (κ3) is 2.46. The molecule has 0 spiro atoms. The minimum atomic E-state index is -0.912. The van der Waals surface area contributed by atoms with Crippen molar-refractivity contribution < 1.29 is 19.1 Å². The molecule has 1 heterocycles. The fourth-order valence-corrected chi connectivity index (χ4v) is 1.71. The molecule has 0 aliphatic heterocycles. The maximum atomic E-state index is 11.7. The second kappa shape index (κ2) is 4.20. The molecule has 0 radical (unpaired) electrons. The van der Waals surface area contributed by atoms with Gasteiger partial charge in [-0.2, -0.15) is 0 Å². The lowest BCUT2D eigenvalue weighted by Crippen LogP contribution is -2.29. The van der Waals surface area contributed by atoms with Crippen LogP contribution in [0.25, 0.3) is 0 Å². The summed E-state index contributed by atoms with van der Waals surface area (Å²) in [5, 5.41) is 11.4. The van der Waals surface area contributed by atoms with Gasteiger partial charge in [0.05, 0.1) is 18.0 Å². The third-order valence-electron chi connectivity index (χ3n) is 2.81. The molecule has 1 fully saturated rings. The predicted octanol–water partition coefficient (Wildman–Crippen LogP) is 0.881. The number of carbonyl (C=O) groups is 2. The molecule has 92 valence electrons. The smallest absolute Gasteiger partial charge is 0.307 e. The summed E-state index contributed by atoms with van der Waals surface area (Å²) in [6, 6.07) is -0.341. The highest BCUT2D eigenvalue weighted by molar-refractivity contribution is 5.89. The molecule has 6 heteroatoms. The van der Waals surface area contributed by atoms with Gasteiger partial charge in [0.1, 0.15) is 11.8 Å². The van der Waals surface area contributed by atoms with E-state index in [2.05, 4.69) is 10.3 Å². The molecule has 1 aliphatic rings. The molecule has 1 aromatic rings. The lowest BCUT2D eigenvalue weighted by molar-refractivity contribution is -0.140. The molecule has 17 heavy (non-hydrogen) atoms. The van der Waals surface area contributed by atoms with E-state index < -0.39 is 17.8 Å². The molecule has 1 unspecified atom stereocenters. The van der Waals surface area contributed by atoms with Crippen LogP contribution in [-0.4, -0.2) is 22.0 Å². The number of oxazole rings is 1. The van der Waals surface area contributed by atoms with E-state index in [-0.39, 0.29) is 11.9 Å². The van der Waals surface area contributed by atoms with Gasteiger partial charge in [-0.3, -0.25) is 9.59 Å². The number of aromatic nitrogens is 1. The number of hydrogen-bond donors (Lipinski definition) is 2. The molecular weight excluding hydrogens is 224 g/mol. The van der Waals surface area contributed by atoms with Gasteiger partial charge in [0.2, 0.25) is 11.8 Å². The minimum absolute atomic E-state index is 0.249. The Balaban J connectivity index is 1.90. The monoisotopic (exact) mass is 238 g/mol. The van der Waals surface area contributed by atoms with Gasteiger partial charge in [-0.1, -0.05) is 0 Å². The number of nitrogens with one attached hydrogen (secondary N) is 1. The Morgan fingerprint density at radius 3 is 2.76 bits per heavy atom. The first-order valence-corrected chi connectivity index (χ1v) is 5.44. The van der Waals surface area contributed by atoms with Gasteiger partial charge >= 0.3 is 5.97 Å². The Bertz CT molecular complexity index is 454. The topological polar surface area (TPSA) is 92.4 Å². The van der Waals surface area contributed by atoms with Crippen molar-refractivity contribution in [2.24, 2.45) is 11.8 Å². The largest absolute Gasteiger partial charge is 0.481 e. The first-order valence-electron chi connectivity index (χ1n) is 5.44. The van der Waals surface area contributed by atoms with Gasteiger partial charge in [-0.15, -0.1) is 0 Å². The quantitative estimate of drug-likeness (QED) is 0.812. The molecule has 3 atom stereocenters. The van der Waals surface area contributed by atoms with E-state index in [1.54, 1.807) is 20.0 Å². The van der Waals surface area contributed by atoms with E-state index >= 15 is 0 Å². The number of amides is 1. The van der Waals surface area contributed by atoms with Gasteiger partial charge in [0, 0.05) is 0 Å². The van der Waals surface area contributed by atoms with E-state index in [0.29, 0.717) is 18.1 Å². The van der Waals surface area contributed by atoms with Gasteiger partial charge in [-0.25, -0.2) is 4.98 Å². The summed E-state index contributed by atoms with van der Waals surface area (Å²) in [7, 11) is 0. The van der Waals surface area contributed by atoms with Crippen LogP contribution in [0.3, 0.4) is 0 Å². The molecular formula is C11H14N2O4. The summed E-state index contributed by atoms with van der Waals surface area (Å²) >= 11 is 0. The van der Waals surface area contributed by atoms with Crippen LogP contribution in [0.2, 0.25) is 0 Å². The van der Waals surface area contributed by atoms with Crippen LogP contribution in [0.15, 0.2) is 10.6 Å². The molecule has 0 bridgehead atoms. The zero-order valence-electron chi connectivity index (χ0n) is 9.64. The number of aryl methyl sites for hydroxylation is 1. The van der Waals surface area contributed by atoms with Crippen molar-refractivity contribution in [3.8, 4) is 0 Å². The molecule has 1 aromatic heterocycles. The van der Waals surface area contributed by atoms with Crippen LogP contribution in [0, 0.1) is 18.8 Å². The van der Waals surface area contributed by atoms with Crippen LogP contribution in [0.1, 0.15) is 31.0 Å². The van der Waals surface area contributed by atoms with Crippen molar-refractivity contribution in [1.82, 2.24) is 10.3 Å². The fourth-order valence-electron chi connectivity index (χ4n) is 1.71. The van der Waals surface area contributed by atoms with Gasteiger partial charge in [-0.05, 0) is 20.3 Å². The van der Waals surface area contributed by atoms with E-state index in [1.165, 1.54) is 0 Å². The average Bonchev–Trinajstić information content (AvgIpc) is 2.95. The molecule has 0 aromatic carbocycles. The van der Waals surface area contributed by atoms with Crippen molar-refractivity contribution >= 4 is 11.9 Å². The number of hydrogen-bond acceptors (Lipinski definition) is 4. The van der Waals surface area contributed by atoms with E-state index in [9.17, 15) is 9.59 Å². The maximum Gasteiger partial charge on any atom is 0.307 e. The highest BCUT2D eigenvalue weighted by atomic mass is 16.4. The van der Waals surface area contributed by atoms with Gasteiger partial charge in [0.15, 0.2) is 0 Å². The zero-order chi connectivity index (χ0) is 12.6. The zero-order valence-corrected chi connectivity index (χ0v) is 9.64.